The van der Waals surface area contributed by atoms with Gasteiger partial charge in [0.1, 0.15) is 4.88 Å². The molecule has 7 heteroatoms. The summed E-state index contributed by atoms with van der Waals surface area (Å²) in [5, 5.41) is 1.68. The molecule has 0 N–H and O–H groups in total. The first-order valence-corrected chi connectivity index (χ1v) is 9.85. The van der Waals surface area contributed by atoms with Crippen LogP contribution in [0.4, 0.5) is 0 Å². The van der Waals surface area contributed by atoms with E-state index in [0.29, 0.717) is 14.9 Å². The molecular weight excluding hydrogens is 381 g/mol. The van der Waals surface area contributed by atoms with Gasteiger partial charge in [-0.3, -0.25) is 4.79 Å². The molecule has 1 amide bonds. The molecular formula is C18H19Cl2NO3S. The first-order chi connectivity index (χ1) is 12.0. The highest BCUT2D eigenvalue weighted by atomic mass is 35.5. The number of carbonyl (C=O) groups is 2. The van der Waals surface area contributed by atoms with Crippen LogP contribution in [0.1, 0.15) is 41.8 Å². The fraction of sp³-hybridized carbons (Fsp3) is 0.444. The molecule has 0 saturated heterocycles. The van der Waals surface area contributed by atoms with Gasteiger partial charge in [-0.2, -0.15) is 0 Å². The van der Waals surface area contributed by atoms with Crippen LogP contribution < -0.4 is 0 Å². The first kappa shape index (κ1) is 18.5. The van der Waals surface area contributed by atoms with Gasteiger partial charge in [0.15, 0.2) is 6.61 Å². The number of hydrogen-bond donors (Lipinski definition) is 0. The Kier molecular flexibility index (Phi) is 5.87. The molecule has 0 unspecified atom stereocenters. The lowest BCUT2D eigenvalue weighted by Crippen LogP contribution is -2.40. The summed E-state index contributed by atoms with van der Waals surface area (Å²) in [4.78, 5) is 26.6. The largest absolute Gasteiger partial charge is 0.451 e. The summed E-state index contributed by atoms with van der Waals surface area (Å²) >= 11 is 13.5. The van der Waals surface area contributed by atoms with E-state index in [1.807, 2.05) is 0 Å². The van der Waals surface area contributed by atoms with Gasteiger partial charge in [0.2, 0.25) is 0 Å². The molecule has 1 aliphatic carbocycles. The second-order valence-electron chi connectivity index (χ2n) is 6.26. The Morgan fingerprint density at radius 1 is 1.24 bits per heavy atom. The number of hydrogen-bond acceptors (Lipinski definition) is 4. The highest BCUT2D eigenvalue weighted by Crippen LogP contribution is 2.37. The fourth-order valence-corrected chi connectivity index (χ4v) is 4.82. The van der Waals surface area contributed by atoms with E-state index < -0.39 is 5.97 Å². The maximum absolute atomic E-state index is 12.3. The van der Waals surface area contributed by atoms with Crippen LogP contribution in [-0.2, 0) is 9.53 Å². The van der Waals surface area contributed by atoms with E-state index in [0.717, 1.165) is 35.8 Å². The van der Waals surface area contributed by atoms with E-state index in [2.05, 4.69) is 0 Å². The highest BCUT2D eigenvalue weighted by molar-refractivity contribution is 7.21. The van der Waals surface area contributed by atoms with Crippen LogP contribution in [-0.4, -0.2) is 36.5 Å². The summed E-state index contributed by atoms with van der Waals surface area (Å²) < 4.78 is 6.02. The molecule has 1 heterocycles. The average Bonchev–Trinajstić information content (AvgIpc) is 2.95. The number of halogens is 2. The second-order valence-corrected chi connectivity index (χ2v) is 8.12. The maximum atomic E-state index is 12.3. The van der Waals surface area contributed by atoms with E-state index >= 15 is 0 Å². The molecule has 4 nitrogen and oxygen atoms in total. The van der Waals surface area contributed by atoms with Crippen LogP contribution >= 0.6 is 34.5 Å². The molecule has 1 aromatic carbocycles. The van der Waals surface area contributed by atoms with Crippen LogP contribution in [0.25, 0.3) is 10.1 Å². The Balaban J connectivity index is 1.64. The summed E-state index contributed by atoms with van der Waals surface area (Å²) in [5.41, 5.74) is 0. The van der Waals surface area contributed by atoms with Crippen LogP contribution in [0.5, 0.6) is 0 Å². The van der Waals surface area contributed by atoms with Crippen molar-refractivity contribution >= 4 is 56.5 Å². The molecule has 134 valence electrons. The van der Waals surface area contributed by atoms with E-state index in [4.69, 9.17) is 27.9 Å². The van der Waals surface area contributed by atoms with Crippen LogP contribution in [0.15, 0.2) is 18.2 Å². The van der Waals surface area contributed by atoms with Crippen molar-refractivity contribution in [3.05, 3.63) is 33.1 Å². The zero-order valence-electron chi connectivity index (χ0n) is 13.9. The number of benzene rings is 1. The van der Waals surface area contributed by atoms with Crippen molar-refractivity contribution in [2.24, 2.45) is 0 Å². The SMILES string of the molecule is CN(C(=O)COC(=O)c1sc2cc(Cl)ccc2c1Cl)C1CCCCC1. The van der Waals surface area contributed by atoms with E-state index in [1.165, 1.54) is 17.8 Å². The van der Waals surface area contributed by atoms with Crippen molar-refractivity contribution in [2.45, 2.75) is 38.1 Å². The second kappa shape index (κ2) is 7.94. The molecule has 1 aliphatic rings. The topological polar surface area (TPSA) is 46.6 Å². The number of thiophene rings is 1. The first-order valence-electron chi connectivity index (χ1n) is 8.27. The predicted molar refractivity (Wildman–Crippen MR) is 102 cm³/mol. The Morgan fingerprint density at radius 2 is 1.96 bits per heavy atom. The highest BCUT2D eigenvalue weighted by Gasteiger charge is 2.24. The van der Waals surface area contributed by atoms with Gasteiger partial charge in [0.05, 0.1) is 5.02 Å². The Hall–Kier alpha value is -1.30. The van der Waals surface area contributed by atoms with Crippen molar-refractivity contribution in [1.82, 2.24) is 4.90 Å². The number of nitrogens with zero attached hydrogens (tertiary/aromatic N) is 1. The number of carbonyl (C=O) groups excluding carboxylic acids is 2. The van der Waals surface area contributed by atoms with Crippen LogP contribution in [0.3, 0.4) is 0 Å². The lowest BCUT2D eigenvalue weighted by atomic mass is 9.94. The third-order valence-electron chi connectivity index (χ3n) is 4.62. The normalized spacial score (nSPS) is 15.3. The number of rotatable bonds is 4. The van der Waals surface area contributed by atoms with Gasteiger partial charge in [0, 0.05) is 28.2 Å². The quantitative estimate of drug-likeness (QED) is 0.667. The molecule has 1 aromatic heterocycles. The minimum Gasteiger partial charge on any atom is -0.451 e. The Labute approximate surface area is 160 Å². The summed E-state index contributed by atoms with van der Waals surface area (Å²) in [6, 6.07) is 5.50. The van der Waals surface area contributed by atoms with Crippen molar-refractivity contribution in [1.29, 1.82) is 0 Å². The predicted octanol–water partition coefficient (Wildman–Crippen LogP) is 5.16. The number of amides is 1. The van der Waals surface area contributed by atoms with Gasteiger partial charge >= 0.3 is 5.97 Å². The number of esters is 1. The summed E-state index contributed by atoms with van der Waals surface area (Å²) in [5.74, 6) is -0.756. The summed E-state index contributed by atoms with van der Waals surface area (Å²) in [7, 11) is 1.78. The summed E-state index contributed by atoms with van der Waals surface area (Å²) in [6.07, 6.45) is 5.53. The Morgan fingerprint density at radius 3 is 2.68 bits per heavy atom. The molecule has 2 aromatic rings. The Bertz CT molecular complexity index is 799. The van der Waals surface area contributed by atoms with Crippen molar-refractivity contribution in [2.75, 3.05) is 13.7 Å². The smallest absolute Gasteiger partial charge is 0.350 e. The zero-order chi connectivity index (χ0) is 18.0. The minimum atomic E-state index is -0.576. The minimum absolute atomic E-state index is 0.180. The average molecular weight is 400 g/mol. The maximum Gasteiger partial charge on any atom is 0.350 e. The third-order valence-corrected chi connectivity index (χ3v) is 6.49. The lowest BCUT2D eigenvalue weighted by molar-refractivity contribution is -0.135. The number of ether oxygens (including phenoxy) is 1. The third kappa shape index (κ3) is 4.10. The van der Waals surface area contributed by atoms with E-state index in [9.17, 15) is 9.59 Å². The van der Waals surface area contributed by atoms with Gasteiger partial charge in [-0.1, -0.05) is 48.5 Å². The van der Waals surface area contributed by atoms with Gasteiger partial charge in [-0.15, -0.1) is 11.3 Å². The zero-order valence-corrected chi connectivity index (χ0v) is 16.2. The standard InChI is InChI=1S/C18H19Cl2NO3S/c1-21(12-5-3-2-4-6-12)15(22)10-24-18(23)17-16(20)13-8-7-11(19)9-14(13)25-17/h7-9,12H,2-6,10H2,1H3. The molecule has 3 rings (SSSR count). The van der Waals surface area contributed by atoms with E-state index in [1.54, 1.807) is 30.1 Å². The number of fused-ring (bicyclic) bond motifs is 1. The summed E-state index contributed by atoms with van der Waals surface area (Å²) in [6.45, 7) is -0.267. The van der Waals surface area contributed by atoms with Crippen LogP contribution in [0.2, 0.25) is 10.0 Å². The fourth-order valence-electron chi connectivity index (χ4n) is 3.14. The van der Waals surface area contributed by atoms with Crippen LogP contribution in [0, 0.1) is 0 Å². The van der Waals surface area contributed by atoms with Gasteiger partial charge in [-0.05, 0) is 25.0 Å². The van der Waals surface area contributed by atoms with E-state index in [-0.39, 0.29) is 18.6 Å². The monoisotopic (exact) mass is 399 g/mol. The molecule has 0 bridgehead atoms. The van der Waals surface area contributed by atoms with Gasteiger partial charge in [0.25, 0.3) is 5.91 Å². The molecule has 25 heavy (non-hydrogen) atoms. The molecule has 0 radical (unpaired) electrons. The van der Waals surface area contributed by atoms with Gasteiger partial charge in [-0.25, -0.2) is 4.79 Å². The molecule has 0 aliphatic heterocycles. The van der Waals surface area contributed by atoms with Gasteiger partial charge < -0.3 is 9.64 Å². The molecule has 0 atom stereocenters. The van der Waals surface area contributed by atoms with Crippen molar-refractivity contribution < 1.29 is 14.3 Å². The molecule has 0 spiro atoms. The number of likely N-dealkylation sites (N-methyl/N-ethyl adjacent to an activating group) is 1. The molecule has 1 fully saturated rings. The molecule has 1 saturated carbocycles. The van der Waals surface area contributed by atoms with Crippen molar-refractivity contribution in [3.63, 3.8) is 0 Å². The lowest BCUT2D eigenvalue weighted by Gasteiger charge is -2.31. The van der Waals surface area contributed by atoms with Crippen molar-refractivity contribution in [3.8, 4) is 0 Å².